The van der Waals surface area contributed by atoms with E-state index in [0.29, 0.717) is 17.1 Å². The largest absolute Gasteiger partial charge is 0.493 e. The van der Waals surface area contributed by atoms with E-state index in [-0.39, 0.29) is 30.5 Å². The van der Waals surface area contributed by atoms with Gasteiger partial charge < -0.3 is 19.7 Å². The number of benzene rings is 2. The Morgan fingerprint density at radius 2 is 1.81 bits per heavy atom. The summed E-state index contributed by atoms with van der Waals surface area (Å²) < 4.78 is 11.0. The minimum absolute atomic E-state index is 0.0240. The lowest BCUT2D eigenvalue weighted by Crippen LogP contribution is -2.34. The number of amides is 2. The molecule has 0 radical (unpaired) electrons. The molecule has 6 heteroatoms. The second-order valence-corrected chi connectivity index (χ2v) is 8.45. The number of methoxy groups -OCH3 is 1. The quantitative estimate of drug-likeness (QED) is 0.724. The number of ether oxygens (including phenoxy) is 2. The van der Waals surface area contributed by atoms with Crippen molar-refractivity contribution in [1.29, 1.82) is 0 Å². The molecule has 2 aromatic rings. The molecule has 1 heterocycles. The smallest absolute Gasteiger partial charge is 0.258 e. The average Bonchev–Trinajstić information content (AvgIpc) is 3.20. The Hall–Kier alpha value is -3.02. The normalized spacial score (nSPS) is 15.8. The monoisotopic (exact) mass is 424 g/mol. The van der Waals surface area contributed by atoms with Gasteiger partial charge in [0.2, 0.25) is 0 Å². The molecule has 1 saturated heterocycles. The van der Waals surface area contributed by atoms with Gasteiger partial charge in [0.25, 0.3) is 11.8 Å². The molecule has 1 aliphatic heterocycles. The summed E-state index contributed by atoms with van der Waals surface area (Å²) in [6, 6.07) is 11.7. The van der Waals surface area contributed by atoms with Crippen molar-refractivity contribution in [3.05, 3.63) is 58.7 Å². The Bertz CT molecular complexity index is 934. The molecule has 0 aromatic heterocycles. The summed E-state index contributed by atoms with van der Waals surface area (Å²) >= 11 is 0. The fourth-order valence-electron chi connectivity index (χ4n) is 4.15. The summed E-state index contributed by atoms with van der Waals surface area (Å²) in [5.74, 6) is 0.644. The first-order chi connectivity index (χ1) is 14.8. The maximum atomic E-state index is 13.3. The summed E-state index contributed by atoms with van der Waals surface area (Å²) in [5, 5.41) is 2.78. The first kappa shape index (κ1) is 22.7. The highest BCUT2D eigenvalue weighted by Gasteiger charge is 2.31. The predicted molar refractivity (Wildman–Crippen MR) is 121 cm³/mol. The van der Waals surface area contributed by atoms with E-state index in [9.17, 15) is 9.59 Å². The van der Waals surface area contributed by atoms with Gasteiger partial charge in [-0.2, -0.15) is 0 Å². The number of carbonyl (C=O) groups is 2. The van der Waals surface area contributed by atoms with Gasteiger partial charge in [0.05, 0.1) is 13.2 Å². The highest BCUT2D eigenvalue weighted by atomic mass is 16.5. The van der Waals surface area contributed by atoms with Crippen LogP contribution in [0.25, 0.3) is 0 Å². The number of hydrogen-bond donors (Lipinski definition) is 1. The standard InChI is InChI=1S/C25H32N2O4/c1-16(2)26-24(28)15-31-22-9-8-19(14-23(22)30-5)25(29)27-10-6-7-21(27)20-12-17(3)11-18(4)13-20/h8-9,11-14,16,21H,6-7,10,15H2,1-5H3,(H,26,28). The predicted octanol–water partition coefficient (Wildman–Crippen LogP) is 4.19. The van der Waals surface area contributed by atoms with E-state index < -0.39 is 0 Å². The van der Waals surface area contributed by atoms with E-state index in [1.807, 2.05) is 18.7 Å². The second kappa shape index (κ2) is 9.86. The van der Waals surface area contributed by atoms with Gasteiger partial charge in [-0.25, -0.2) is 0 Å². The van der Waals surface area contributed by atoms with Crippen molar-refractivity contribution in [2.75, 3.05) is 20.3 Å². The van der Waals surface area contributed by atoms with E-state index in [1.165, 1.54) is 23.8 Å². The van der Waals surface area contributed by atoms with Crippen LogP contribution in [-0.2, 0) is 4.79 Å². The van der Waals surface area contributed by atoms with Crippen LogP contribution in [0.4, 0.5) is 0 Å². The van der Waals surface area contributed by atoms with Crippen LogP contribution in [-0.4, -0.2) is 43.0 Å². The molecular formula is C25H32N2O4. The summed E-state index contributed by atoms with van der Waals surface area (Å²) in [4.78, 5) is 27.1. The molecule has 3 rings (SSSR count). The van der Waals surface area contributed by atoms with Crippen LogP contribution in [0.1, 0.15) is 59.8 Å². The van der Waals surface area contributed by atoms with Crippen LogP contribution in [0.15, 0.2) is 36.4 Å². The van der Waals surface area contributed by atoms with Crippen molar-refractivity contribution in [2.24, 2.45) is 0 Å². The Morgan fingerprint density at radius 1 is 1.10 bits per heavy atom. The minimum atomic E-state index is -0.203. The van der Waals surface area contributed by atoms with Gasteiger partial charge in [0, 0.05) is 18.2 Å². The first-order valence-corrected chi connectivity index (χ1v) is 10.8. The van der Waals surface area contributed by atoms with Gasteiger partial charge in [0.1, 0.15) is 0 Å². The van der Waals surface area contributed by atoms with Crippen LogP contribution in [0.3, 0.4) is 0 Å². The minimum Gasteiger partial charge on any atom is -0.493 e. The molecule has 31 heavy (non-hydrogen) atoms. The molecule has 0 bridgehead atoms. The average molecular weight is 425 g/mol. The van der Waals surface area contributed by atoms with Gasteiger partial charge >= 0.3 is 0 Å². The number of nitrogens with one attached hydrogen (secondary N) is 1. The zero-order valence-electron chi connectivity index (χ0n) is 19.0. The Labute approximate surface area is 184 Å². The lowest BCUT2D eigenvalue weighted by Gasteiger charge is -2.26. The van der Waals surface area contributed by atoms with E-state index in [0.717, 1.165) is 19.4 Å². The molecule has 0 saturated carbocycles. The van der Waals surface area contributed by atoms with Gasteiger partial charge in [-0.3, -0.25) is 9.59 Å². The molecule has 1 aliphatic rings. The molecular weight excluding hydrogens is 392 g/mol. The van der Waals surface area contributed by atoms with E-state index in [4.69, 9.17) is 9.47 Å². The molecule has 2 amide bonds. The van der Waals surface area contributed by atoms with Crippen molar-refractivity contribution in [3.8, 4) is 11.5 Å². The zero-order chi connectivity index (χ0) is 22.5. The van der Waals surface area contributed by atoms with Crippen LogP contribution in [0, 0.1) is 13.8 Å². The Morgan fingerprint density at radius 3 is 2.45 bits per heavy atom. The molecule has 0 spiro atoms. The highest BCUT2D eigenvalue weighted by Crippen LogP contribution is 2.35. The molecule has 166 valence electrons. The topological polar surface area (TPSA) is 67.9 Å². The van der Waals surface area contributed by atoms with Crippen LogP contribution in [0.5, 0.6) is 11.5 Å². The molecule has 6 nitrogen and oxygen atoms in total. The lowest BCUT2D eigenvalue weighted by atomic mass is 9.99. The third-order valence-electron chi connectivity index (χ3n) is 5.36. The molecule has 1 fully saturated rings. The number of aryl methyl sites for hydroxylation is 2. The zero-order valence-corrected chi connectivity index (χ0v) is 19.0. The summed E-state index contributed by atoms with van der Waals surface area (Å²) in [6.45, 7) is 8.57. The van der Waals surface area contributed by atoms with Gasteiger partial charge in [-0.05, 0) is 64.3 Å². The Balaban J connectivity index is 1.77. The van der Waals surface area contributed by atoms with Gasteiger partial charge in [-0.1, -0.05) is 29.3 Å². The lowest BCUT2D eigenvalue weighted by molar-refractivity contribution is -0.123. The van der Waals surface area contributed by atoms with E-state index in [1.54, 1.807) is 18.2 Å². The molecule has 1 unspecified atom stereocenters. The molecule has 2 aromatic carbocycles. The number of carbonyl (C=O) groups excluding carboxylic acids is 2. The summed E-state index contributed by atoms with van der Waals surface area (Å²) in [7, 11) is 1.53. The van der Waals surface area contributed by atoms with Crippen molar-refractivity contribution in [1.82, 2.24) is 10.2 Å². The molecule has 1 N–H and O–H groups in total. The Kier molecular flexibility index (Phi) is 7.21. The summed E-state index contributed by atoms with van der Waals surface area (Å²) in [5.41, 5.74) is 4.15. The van der Waals surface area contributed by atoms with Crippen LogP contribution in [0.2, 0.25) is 0 Å². The second-order valence-electron chi connectivity index (χ2n) is 8.45. The fraction of sp³-hybridized carbons (Fsp3) is 0.440. The fourth-order valence-corrected chi connectivity index (χ4v) is 4.15. The van der Waals surface area contributed by atoms with Crippen molar-refractivity contribution in [2.45, 2.75) is 52.6 Å². The third kappa shape index (κ3) is 5.57. The highest BCUT2D eigenvalue weighted by molar-refractivity contribution is 5.95. The molecule has 0 aliphatic carbocycles. The van der Waals surface area contributed by atoms with Crippen molar-refractivity contribution in [3.63, 3.8) is 0 Å². The summed E-state index contributed by atoms with van der Waals surface area (Å²) in [6.07, 6.45) is 1.94. The van der Waals surface area contributed by atoms with Crippen LogP contribution < -0.4 is 14.8 Å². The van der Waals surface area contributed by atoms with Crippen molar-refractivity contribution >= 4 is 11.8 Å². The number of rotatable bonds is 7. The number of nitrogens with zero attached hydrogens (tertiary/aromatic N) is 1. The van der Waals surface area contributed by atoms with Gasteiger partial charge in [0.15, 0.2) is 18.1 Å². The van der Waals surface area contributed by atoms with Crippen molar-refractivity contribution < 1.29 is 19.1 Å². The molecule has 1 atom stereocenters. The maximum absolute atomic E-state index is 13.3. The van der Waals surface area contributed by atoms with Crippen LogP contribution >= 0.6 is 0 Å². The first-order valence-electron chi connectivity index (χ1n) is 10.8. The maximum Gasteiger partial charge on any atom is 0.258 e. The van der Waals surface area contributed by atoms with E-state index >= 15 is 0 Å². The third-order valence-corrected chi connectivity index (χ3v) is 5.36. The number of likely N-dealkylation sites (tertiary alicyclic amines) is 1. The van der Waals surface area contributed by atoms with E-state index in [2.05, 4.69) is 37.4 Å². The number of hydrogen-bond acceptors (Lipinski definition) is 4. The SMILES string of the molecule is COc1cc(C(=O)N2CCCC2c2cc(C)cc(C)c2)ccc1OCC(=O)NC(C)C. The van der Waals surface area contributed by atoms with Gasteiger partial charge in [-0.15, -0.1) is 0 Å².